The summed E-state index contributed by atoms with van der Waals surface area (Å²) in [5.41, 5.74) is 0.915. The molecular weight excluding hydrogens is 286 g/mol. The van der Waals surface area contributed by atoms with E-state index in [1.807, 2.05) is 48.5 Å². The monoisotopic (exact) mass is 305 g/mol. The van der Waals surface area contributed by atoms with Crippen molar-refractivity contribution in [1.29, 1.82) is 0 Å². The van der Waals surface area contributed by atoms with Crippen molar-refractivity contribution in [2.24, 2.45) is 0 Å². The van der Waals surface area contributed by atoms with Gasteiger partial charge >= 0.3 is 0 Å². The topological polar surface area (TPSA) is 30.5 Å². The molecule has 0 saturated carbocycles. The third kappa shape index (κ3) is 4.87. The van der Waals surface area contributed by atoms with E-state index in [4.69, 9.17) is 21.1 Å². The Kier molecular flexibility index (Phi) is 6.22. The molecule has 0 unspecified atom stereocenters. The number of halogens is 1. The molecule has 2 aromatic rings. The lowest BCUT2D eigenvalue weighted by molar-refractivity contribution is 0.274. The molecule has 0 heterocycles. The van der Waals surface area contributed by atoms with Gasteiger partial charge in [-0.05, 0) is 30.7 Å². The van der Waals surface area contributed by atoms with E-state index < -0.39 is 0 Å². The second-order valence-electron chi connectivity index (χ2n) is 4.55. The maximum absolute atomic E-state index is 6.08. The number of rotatable bonds is 8. The highest BCUT2D eigenvalue weighted by molar-refractivity contribution is 6.33. The first-order valence-electron chi connectivity index (χ1n) is 7.14. The van der Waals surface area contributed by atoms with Crippen LogP contribution in [0.1, 0.15) is 13.3 Å². The predicted octanol–water partition coefficient (Wildman–Crippen LogP) is 4.62. The molecule has 0 aliphatic heterocycles. The molecule has 112 valence electrons. The average molecular weight is 306 g/mol. The van der Waals surface area contributed by atoms with Gasteiger partial charge in [0, 0.05) is 6.54 Å². The Hall–Kier alpha value is -1.87. The molecule has 2 rings (SSSR count). The second-order valence-corrected chi connectivity index (χ2v) is 4.96. The third-order valence-electron chi connectivity index (χ3n) is 2.86. The van der Waals surface area contributed by atoms with Crippen LogP contribution in [0.2, 0.25) is 5.02 Å². The van der Waals surface area contributed by atoms with Crippen LogP contribution in [-0.2, 0) is 0 Å². The standard InChI is InChI=1S/C17H20ClNO2/c1-2-12-20-16-9-5-6-10-17(16)21-13-11-19-15-8-4-3-7-14(15)18/h3-10,19H,2,11-13H2,1H3. The van der Waals surface area contributed by atoms with E-state index in [-0.39, 0.29) is 0 Å². The van der Waals surface area contributed by atoms with Crippen molar-refractivity contribution >= 4 is 17.3 Å². The van der Waals surface area contributed by atoms with Crippen molar-refractivity contribution in [3.05, 3.63) is 53.6 Å². The smallest absolute Gasteiger partial charge is 0.161 e. The van der Waals surface area contributed by atoms with Crippen molar-refractivity contribution < 1.29 is 9.47 Å². The lowest BCUT2D eigenvalue weighted by atomic mass is 10.3. The number of anilines is 1. The highest BCUT2D eigenvalue weighted by Gasteiger charge is 2.03. The SMILES string of the molecule is CCCOc1ccccc1OCCNc1ccccc1Cl. The maximum Gasteiger partial charge on any atom is 0.161 e. The number of ether oxygens (including phenoxy) is 2. The normalized spacial score (nSPS) is 10.2. The zero-order valence-electron chi connectivity index (χ0n) is 12.1. The van der Waals surface area contributed by atoms with Gasteiger partial charge in [-0.1, -0.05) is 42.8 Å². The zero-order chi connectivity index (χ0) is 14.9. The van der Waals surface area contributed by atoms with Gasteiger partial charge < -0.3 is 14.8 Å². The Morgan fingerprint density at radius 1 is 0.905 bits per heavy atom. The molecule has 0 atom stereocenters. The molecule has 1 N–H and O–H groups in total. The van der Waals surface area contributed by atoms with Gasteiger partial charge in [0.1, 0.15) is 6.61 Å². The first kappa shape index (κ1) is 15.5. The molecule has 0 aliphatic rings. The number of benzene rings is 2. The molecule has 0 radical (unpaired) electrons. The summed E-state index contributed by atoms with van der Waals surface area (Å²) in [7, 11) is 0. The summed E-state index contributed by atoms with van der Waals surface area (Å²) in [5.74, 6) is 1.56. The fraction of sp³-hybridized carbons (Fsp3) is 0.294. The van der Waals surface area contributed by atoms with Gasteiger partial charge in [-0.25, -0.2) is 0 Å². The van der Waals surface area contributed by atoms with E-state index in [0.717, 1.165) is 23.6 Å². The van der Waals surface area contributed by atoms with Gasteiger partial charge in [-0.15, -0.1) is 0 Å². The number of nitrogens with one attached hydrogen (secondary N) is 1. The van der Waals surface area contributed by atoms with Crippen LogP contribution in [0.5, 0.6) is 11.5 Å². The van der Waals surface area contributed by atoms with Crippen LogP contribution in [-0.4, -0.2) is 19.8 Å². The van der Waals surface area contributed by atoms with E-state index in [0.29, 0.717) is 24.8 Å². The Labute approximate surface area is 130 Å². The van der Waals surface area contributed by atoms with Gasteiger partial charge in [0.15, 0.2) is 11.5 Å². The average Bonchev–Trinajstić information content (AvgIpc) is 2.52. The summed E-state index contributed by atoms with van der Waals surface area (Å²) in [6.07, 6.45) is 0.975. The first-order valence-corrected chi connectivity index (χ1v) is 7.52. The molecule has 0 bridgehead atoms. The van der Waals surface area contributed by atoms with E-state index in [2.05, 4.69) is 12.2 Å². The Morgan fingerprint density at radius 3 is 2.19 bits per heavy atom. The molecule has 4 heteroatoms. The summed E-state index contributed by atoms with van der Waals surface area (Å²) in [4.78, 5) is 0. The molecule has 0 aliphatic carbocycles. The zero-order valence-corrected chi connectivity index (χ0v) is 12.9. The summed E-state index contributed by atoms with van der Waals surface area (Å²) < 4.78 is 11.4. The van der Waals surface area contributed by atoms with Crippen LogP contribution in [0.3, 0.4) is 0 Å². The van der Waals surface area contributed by atoms with Gasteiger partial charge in [-0.2, -0.15) is 0 Å². The third-order valence-corrected chi connectivity index (χ3v) is 3.19. The van der Waals surface area contributed by atoms with Crippen LogP contribution in [0.15, 0.2) is 48.5 Å². The summed E-state index contributed by atoms with van der Waals surface area (Å²) in [5, 5.41) is 3.96. The minimum absolute atomic E-state index is 0.539. The van der Waals surface area contributed by atoms with Crippen molar-refractivity contribution in [1.82, 2.24) is 0 Å². The van der Waals surface area contributed by atoms with E-state index >= 15 is 0 Å². The molecule has 2 aromatic carbocycles. The second kappa shape index (κ2) is 8.42. The van der Waals surface area contributed by atoms with Crippen molar-refractivity contribution in [3.8, 4) is 11.5 Å². The molecule has 0 saturated heterocycles. The number of hydrogen-bond donors (Lipinski definition) is 1. The Morgan fingerprint density at radius 2 is 1.52 bits per heavy atom. The number of para-hydroxylation sites is 3. The summed E-state index contributed by atoms with van der Waals surface area (Å²) in [6.45, 7) is 3.98. The molecule has 0 spiro atoms. The van der Waals surface area contributed by atoms with E-state index in [1.165, 1.54) is 0 Å². The van der Waals surface area contributed by atoms with Crippen LogP contribution >= 0.6 is 11.6 Å². The van der Waals surface area contributed by atoms with E-state index in [9.17, 15) is 0 Å². The maximum atomic E-state index is 6.08. The quantitative estimate of drug-likeness (QED) is 0.722. The summed E-state index contributed by atoms with van der Waals surface area (Å²) >= 11 is 6.08. The minimum atomic E-state index is 0.539. The van der Waals surface area contributed by atoms with Gasteiger partial charge in [0.25, 0.3) is 0 Å². The largest absolute Gasteiger partial charge is 0.490 e. The fourth-order valence-corrected chi connectivity index (χ4v) is 2.05. The van der Waals surface area contributed by atoms with Crippen LogP contribution in [0.4, 0.5) is 5.69 Å². The first-order chi connectivity index (χ1) is 10.3. The number of hydrogen-bond acceptors (Lipinski definition) is 3. The molecule has 21 heavy (non-hydrogen) atoms. The van der Waals surface area contributed by atoms with Crippen molar-refractivity contribution in [3.63, 3.8) is 0 Å². The van der Waals surface area contributed by atoms with E-state index in [1.54, 1.807) is 0 Å². The lowest BCUT2D eigenvalue weighted by Gasteiger charge is -2.13. The van der Waals surface area contributed by atoms with Gasteiger partial charge in [0.05, 0.1) is 17.3 Å². The van der Waals surface area contributed by atoms with Crippen molar-refractivity contribution in [2.75, 3.05) is 25.1 Å². The van der Waals surface area contributed by atoms with Crippen LogP contribution in [0.25, 0.3) is 0 Å². The van der Waals surface area contributed by atoms with Crippen LogP contribution in [0, 0.1) is 0 Å². The molecule has 0 fully saturated rings. The minimum Gasteiger partial charge on any atom is -0.490 e. The summed E-state index contributed by atoms with van der Waals surface area (Å²) in [6, 6.07) is 15.4. The Balaban J connectivity index is 1.82. The van der Waals surface area contributed by atoms with Crippen molar-refractivity contribution in [2.45, 2.75) is 13.3 Å². The molecular formula is C17H20ClNO2. The predicted molar refractivity (Wildman–Crippen MR) is 87.7 cm³/mol. The lowest BCUT2D eigenvalue weighted by Crippen LogP contribution is -2.12. The Bertz CT molecular complexity index is 560. The van der Waals surface area contributed by atoms with Gasteiger partial charge in [-0.3, -0.25) is 0 Å². The highest BCUT2D eigenvalue weighted by Crippen LogP contribution is 2.26. The molecule has 0 amide bonds. The van der Waals surface area contributed by atoms with Gasteiger partial charge in [0.2, 0.25) is 0 Å². The van der Waals surface area contributed by atoms with Crippen LogP contribution < -0.4 is 14.8 Å². The highest BCUT2D eigenvalue weighted by atomic mass is 35.5. The molecule has 0 aromatic heterocycles. The fourth-order valence-electron chi connectivity index (χ4n) is 1.85. The molecule has 3 nitrogen and oxygen atoms in total.